The first-order chi connectivity index (χ1) is 9.47. The van der Waals surface area contributed by atoms with Gasteiger partial charge in [-0.2, -0.15) is 0 Å². The van der Waals surface area contributed by atoms with Crippen molar-refractivity contribution >= 4 is 12.4 Å². The quantitative estimate of drug-likeness (QED) is 0.761. The maximum Gasteiger partial charge on any atom is 0.513 e. The van der Waals surface area contributed by atoms with E-state index in [0.717, 1.165) is 32.2 Å². The van der Waals surface area contributed by atoms with Crippen molar-refractivity contribution < 1.29 is 17.7 Å². The Hall–Kier alpha value is -1.21. The van der Waals surface area contributed by atoms with Gasteiger partial charge in [0.2, 0.25) is 0 Å². The average Bonchev–Trinajstić information content (AvgIpc) is 2.40. The zero-order chi connectivity index (χ0) is 14.6. The lowest BCUT2D eigenvalue weighted by atomic mass is 9.79. The van der Waals surface area contributed by atoms with Crippen molar-refractivity contribution in [3.63, 3.8) is 0 Å². The van der Waals surface area contributed by atoms with E-state index in [1.54, 1.807) is 6.07 Å². The number of ether oxygens (including phenoxy) is 1. The summed E-state index contributed by atoms with van der Waals surface area (Å²) in [7, 11) is 2.06. The standard InChI is InChI=1S/C13H19BF3N2O/c1-18-6-8-19(9-7-18)10-11-20-13-5-3-2-4-12(13)14(15,16)17/h2-5H,6-11H2,1H3/q-1. The molecular weight excluding hydrogens is 268 g/mol. The number of nitrogens with zero attached hydrogens (tertiary/aromatic N) is 2. The molecule has 1 heterocycles. The van der Waals surface area contributed by atoms with E-state index in [1.807, 2.05) is 0 Å². The lowest BCUT2D eigenvalue weighted by Gasteiger charge is -2.32. The number of hydrogen-bond donors (Lipinski definition) is 0. The number of rotatable bonds is 5. The largest absolute Gasteiger partial charge is 0.513 e. The summed E-state index contributed by atoms with van der Waals surface area (Å²) in [5.41, 5.74) is -0.647. The third-order valence-electron chi connectivity index (χ3n) is 3.53. The van der Waals surface area contributed by atoms with Crippen LogP contribution in [0.15, 0.2) is 24.3 Å². The highest BCUT2D eigenvalue weighted by molar-refractivity contribution is 6.74. The van der Waals surface area contributed by atoms with E-state index in [1.165, 1.54) is 12.1 Å². The topological polar surface area (TPSA) is 15.7 Å². The van der Waals surface area contributed by atoms with Gasteiger partial charge in [-0.15, -0.1) is 0 Å². The van der Waals surface area contributed by atoms with Crippen LogP contribution in [0.3, 0.4) is 0 Å². The van der Waals surface area contributed by atoms with Crippen molar-refractivity contribution in [3.05, 3.63) is 24.3 Å². The predicted octanol–water partition coefficient (Wildman–Crippen LogP) is 1.37. The average molecular weight is 287 g/mol. The normalized spacial score (nSPS) is 18.2. The third kappa shape index (κ3) is 4.14. The molecule has 112 valence electrons. The van der Waals surface area contributed by atoms with Crippen LogP contribution < -0.4 is 10.2 Å². The molecule has 1 aromatic carbocycles. The maximum atomic E-state index is 12.8. The fourth-order valence-corrected chi connectivity index (χ4v) is 2.24. The van der Waals surface area contributed by atoms with Gasteiger partial charge < -0.3 is 22.6 Å². The molecule has 0 radical (unpaired) electrons. The Morgan fingerprint density at radius 3 is 2.40 bits per heavy atom. The molecule has 1 aromatic rings. The fraction of sp³-hybridized carbons (Fsp3) is 0.538. The number of para-hydroxylation sites is 1. The van der Waals surface area contributed by atoms with Crippen molar-refractivity contribution in [3.8, 4) is 5.75 Å². The van der Waals surface area contributed by atoms with Crippen molar-refractivity contribution in [2.24, 2.45) is 0 Å². The molecule has 0 amide bonds. The van der Waals surface area contributed by atoms with Crippen LogP contribution in [0.2, 0.25) is 0 Å². The second-order valence-electron chi connectivity index (χ2n) is 5.11. The summed E-state index contributed by atoms with van der Waals surface area (Å²) in [6.45, 7) is -0.232. The van der Waals surface area contributed by atoms with Crippen molar-refractivity contribution in [1.29, 1.82) is 0 Å². The summed E-state index contributed by atoms with van der Waals surface area (Å²) in [5, 5.41) is 0. The first kappa shape index (κ1) is 15.2. The zero-order valence-corrected chi connectivity index (χ0v) is 11.6. The summed E-state index contributed by atoms with van der Waals surface area (Å²) in [5.74, 6) is -0.0610. The van der Waals surface area contributed by atoms with E-state index in [9.17, 15) is 12.9 Å². The van der Waals surface area contributed by atoms with E-state index >= 15 is 0 Å². The number of piperazine rings is 1. The van der Waals surface area contributed by atoms with E-state index < -0.39 is 12.4 Å². The first-order valence-electron chi connectivity index (χ1n) is 6.79. The van der Waals surface area contributed by atoms with Gasteiger partial charge in [-0.05, 0) is 13.1 Å². The SMILES string of the molecule is CN1CCN(CCOc2ccccc2[B-](F)(F)F)CC1. The zero-order valence-electron chi connectivity index (χ0n) is 11.6. The summed E-state index contributed by atoms with van der Waals surface area (Å²) >= 11 is 0. The van der Waals surface area contributed by atoms with Gasteiger partial charge in [0.25, 0.3) is 0 Å². The van der Waals surface area contributed by atoms with E-state index in [2.05, 4.69) is 16.8 Å². The van der Waals surface area contributed by atoms with Crippen molar-refractivity contribution in [2.45, 2.75) is 0 Å². The molecule has 2 rings (SSSR count). The Balaban J connectivity index is 1.85. The van der Waals surface area contributed by atoms with Crippen LogP contribution in [0.25, 0.3) is 0 Å². The number of halogens is 3. The summed E-state index contributed by atoms with van der Waals surface area (Å²) in [6, 6.07) is 5.41. The molecular formula is C13H19BF3N2O-. The summed E-state index contributed by atoms with van der Waals surface area (Å²) in [4.78, 5) is 4.44. The predicted molar refractivity (Wildman–Crippen MR) is 74.6 cm³/mol. The van der Waals surface area contributed by atoms with Crippen LogP contribution in [0.1, 0.15) is 0 Å². The van der Waals surface area contributed by atoms with E-state index in [4.69, 9.17) is 4.74 Å². The first-order valence-corrected chi connectivity index (χ1v) is 6.79. The molecule has 0 aromatic heterocycles. The van der Waals surface area contributed by atoms with Crippen molar-refractivity contribution in [1.82, 2.24) is 9.80 Å². The highest BCUT2D eigenvalue weighted by atomic mass is 19.4. The second-order valence-corrected chi connectivity index (χ2v) is 5.11. The van der Waals surface area contributed by atoms with Crippen molar-refractivity contribution in [2.75, 3.05) is 46.4 Å². The van der Waals surface area contributed by atoms with Gasteiger partial charge >= 0.3 is 6.98 Å². The monoisotopic (exact) mass is 287 g/mol. The lowest BCUT2D eigenvalue weighted by Crippen LogP contribution is -2.45. The fourth-order valence-electron chi connectivity index (χ4n) is 2.24. The van der Waals surface area contributed by atoms with Crippen LogP contribution in [0, 0.1) is 0 Å². The highest BCUT2D eigenvalue weighted by Gasteiger charge is 2.28. The van der Waals surface area contributed by atoms with Crippen LogP contribution in [-0.4, -0.2) is 63.2 Å². The molecule has 3 nitrogen and oxygen atoms in total. The van der Waals surface area contributed by atoms with Gasteiger partial charge in [0.05, 0.1) is 5.75 Å². The van der Waals surface area contributed by atoms with Gasteiger partial charge in [-0.1, -0.05) is 23.7 Å². The van der Waals surface area contributed by atoms with Gasteiger partial charge in [-0.25, -0.2) is 0 Å². The highest BCUT2D eigenvalue weighted by Crippen LogP contribution is 2.17. The molecule has 0 saturated carbocycles. The number of hydrogen-bond acceptors (Lipinski definition) is 3. The Morgan fingerprint density at radius 1 is 1.10 bits per heavy atom. The minimum atomic E-state index is -5.02. The third-order valence-corrected chi connectivity index (χ3v) is 3.53. The minimum absolute atomic E-state index is 0.0610. The lowest BCUT2D eigenvalue weighted by molar-refractivity contribution is 0.134. The van der Waals surface area contributed by atoms with E-state index in [0.29, 0.717) is 6.54 Å². The molecule has 0 aliphatic carbocycles. The van der Waals surface area contributed by atoms with Crippen LogP contribution in [0.5, 0.6) is 5.75 Å². The molecule has 1 saturated heterocycles. The van der Waals surface area contributed by atoms with Gasteiger partial charge in [0.15, 0.2) is 0 Å². The second kappa shape index (κ2) is 6.50. The molecule has 20 heavy (non-hydrogen) atoms. The molecule has 0 bridgehead atoms. The molecule has 0 unspecified atom stereocenters. The molecule has 1 aliphatic rings. The Kier molecular flexibility index (Phi) is 4.93. The summed E-state index contributed by atoms with van der Waals surface area (Å²) in [6.07, 6.45) is 0. The molecule has 0 spiro atoms. The molecule has 1 aliphatic heterocycles. The van der Waals surface area contributed by atoms with Crippen LogP contribution in [-0.2, 0) is 0 Å². The molecule has 7 heteroatoms. The molecule has 0 N–H and O–H groups in total. The van der Waals surface area contributed by atoms with Gasteiger partial charge in [0, 0.05) is 32.7 Å². The maximum absolute atomic E-state index is 12.8. The van der Waals surface area contributed by atoms with Gasteiger partial charge in [-0.3, -0.25) is 4.90 Å². The van der Waals surface area contributed by atoms with Crippen LogP contribution in [0.4, 0.5) is 12.9 Å². The Morgan fingerprint density at radius 2 is 1.75 bits per heavy atom. The van der Waals surface area contributed by atoms with Gasteiger partial charge in [0.1, 0.15) is 6.61 Å². The Bertz CT molecular complexity index is 434. The number of benzene rings is 1. The molecule has 0 atom stereocenters. The molecule has 1 fully saturated rings. The minimum Gasteiger partial charge on any atom is -0.495 e. The number of likely N-dealkylation sites (N-methyl/N-ethyl adjacent to an activating group) is 1. The van der Waals surface area contributed by atoms with E-state index in [-0.39, 0.29) is 12.4 Å². The van der Waals surface area contributed by atoms with Crippen LogP contribution >= 0.6 is 0 Å². The smallest absolute Gasteiger partial charge is 0.495 e. The Labute approximate surface area is 117 Å². The summed E-state index contributed by atoms with van der Waals surface area (Å²) < 4.78 is 43.9.